The summed E-state index contributed by atoms with van der Waals surface area (Å²) < 4.78 is 5.22. The van der Waals surface area contributed by atoms with E-state index in [-0.39, 0.29) is 24.1 Å². The zero-order valence-corrected chi connectivity index (χ0v) is 19.3. The Morgan fingerprint density at radius 3 is 2.29 bits per heavy atom. The molecule has 0 aliphatic heterocycles. The second kappa shape index (κ2) is 9.15. The molecule has 168 valence electrons. The molecule has 4 aromatic carbocycles. The molecule has 1 amide bonds. The number of hydrogen-bond acceptors (Lipinski definition) is 5. The Labute approximate surface area is 201 Å². The molecule has 1 aliphatic carbocycles. The summed E-state index contributed by atoms with van der Waals surface area (Å²) in [5.41, 5.74) is 4.05. The van der Waals surface area contributed by atoms with Gasteiger partial charge in [0.1, 0.15) is 0 Å². The third-order valence-corrected chi connectivity index (χ3v) is 6.97. The van der Waals surface area contributed by atoms with Crippen molar-refractivity contribution in [2.24, 2.45) is 0 Å². The fourth-order valence-corrected chi connectivity index (χ4v) is 5.04. The van der Waals surface area contributed by atoms with Gasteiger partial charge in [0.25, 0.3) is 5.91 Å². The number of anilines is 1. The molecule has 0 N–H and O–H groups in total. The number of hydrogen-bond donors (Lipinski definition) is 0. The Morgan fingerprint density at radius 1 is 0.794 bits per heavy atom. The molecule has 0 aromatic heterocycles. The van der Waals surface area contributed by atoms with E-state index in [9.17, 15) is 14.4 Å². The normalized spacial score (nSPS) is 11.7. The van der Waals surface area contributed by atoms with Crippen LogP contribution in [-0.2, 0) is 14.3 Å². The van der Waals surface area contributed by atoms with Crippen molar-refractivity contribution >= 4 is 45.9 Å². The van der Waals surface area contributed by atoms with Crippen molar-refractivity contribution in [3.63, 3.8) is 0 Å². The lowest BCUT2D eigenvalue weighted by atomic mass is 9.83. The number of thioether (sulfide) groups is 1. The Morgan fingerprint density at radius 2 is 1.50 bits per heavy atom. The number of benzene rings is 4. The molecule has 0 unspecified atom stereocenters. The largest absolute Gasteiger partial charge is 0.455 e. The highest BCUT2D eigenvalue weighted by molar-refractivity contribution is 8.00. The first-order valence-electron chi connectivity index (χ1n) is 10.8. The highest BCUT2D eigenvalue weighted by atomic mass is 32.2. The van der Waals surface area contributed by atoms with Gasteiger partial charge in [-0.15, -0.1) is 11.8 Å². The predicted molar refractivity (Wildman–Crippen MR) is 134 cm³/mol. The van der Waals surface area contributed by atoms with Crippen molar-refractivity contribution in [2.45, 2.75) is 4.90 Å². The van der Waals surface area contributed by atoms with Crippen LogP contribution >= 0.6 is 11.8 Å². The van der Waals surface area contributed by atoms with E-state index >= 15 is 0 Å². The van der Waals surface area contributed by atoms with Crippen molar-refractivity contribution < 1.29 is 19.1 Å². The molecular weight excluding hydrogens is 446 g/mol. The standard InChI is InChI=1S/C28H21NO4S/c1-29(18-8-3-2-4-9-18)25(30)16-33-26(31)17-34-24-15-14-20-19-10-5-6-11-21(19)28(32)23-13-7-12-22(24)27(20)23/h2-15H,16-17H2,1H3. The first kappa shape index (κ1) is 21.9. The van der Waals surface area contributed by atoms with Crippen molar-refractivity contribution in [1.82, 2.24) is 0 Å². The summed E-state index contributed by atoms with van der Waals surface area (Å²) in [6.45, 7) is -0.320. The Bertz CT molecular complexity index is 1430. The van der Waals surface area contributed by atoms with E-state index in [0.29, 0.717) is 11.1 Å². The van der Waals surface area contributed by atoms with Gasteiger partial charge in [0.05, 0.1) is 5.75 Å². The van der Waals surface area contributed by atoms with Crippen molar-refractivity contribution in [3.8, 4) is 11.1 Å². The maximum Gasteiger partial charge on any atom is 0.316 e. The van der Waals surface area contributed by atoms with Gasteiger partial charge >= 0.3 is 5.97 Å². The average molecular weight is 468 g/mol. The van der Waals surface area contributed by atoms with Crippen LogP contribution in [0.25, 0.3) is 21.9 Å². The van der Waals surface area contributed by atoms with E-state index < -0.39 is 5.97 Å². The van der Waals surface area contributed by atoms with Gasteiger partial charge in [0.15, 0.2) is 12.4 Å². The number of ether oxygens (including phenoxy) is 1. The molecule has 0 fully saturated rings. The van der Waals surface area contributed by atoms with Gasteiger partial charge in [0.2, 0.25) is 0 Å². The summed E-state index contributed by atoms with van der Waals surface area (Å²) in [6.07, 6.45) is 0. The molecule has 0 heterocycles. The van der Waals surface area contributed by atoms with Crippen LogP contribution in [0.2, 0.25) is 0 Å². The minimum atomic E-state index is -0.471. The molecule has 34 heavy (non-hydrogen) atoms. The molecule has 4 aromatic rings. The van der Waals surface area contributed by atoms with Crippen LogP contribution in [0.1, 0.15) is 15.9 Å². The zero-order valence-electron chi connectivity index (χ0n) is 18.5. The van der Waals surface area contributed by atoms with Crippen molar-refractivity contribution in [3.05, 3.63) is 96.1 Å². The molecule has 6 heteroatoms. The fourth-order valence-electron chi connectivity index (χ4n) is 4.19. The van der Waals surface area contributed by atoms with Gasteiger partial charge < -0.3 is 9.64 Å². The summed E-state index contributed by atoms with van der Waals surface area (Å²) in [4.78, 5) is 40.1. The monoisotopic (exact) mass is 467 g/mol. The molecule has 5 rings (SSSR count). The maximum atomic E-state index is 13.1. The van der Waals surface area contributed by atoms with Gasteiger partial charge in [0, 0.05) is 34.1 Å². The van der Waals surface area contributed by atoms with E-state index in [1.807, 2.05) is 84.9 Å². The van der Waals surface area contributed by atoms with Crippen LogP contribution in [0.5, 0.6) is 0 Å². The van der Waals surface area contributed by atoms with Crippen LogP contribution in [0.3, 0.4) is 0 Å². The fraction of sp³-hybridized carbons (Fsp3) is 0.107. The molecule has 0 saturated heterocycles. The molecule has 0 saturated carbocycles. The first-order chi connectivity index (χ1) is 16.5. The lowest BCUT2D eigenvalue weighted by molar-refractivity contribution is -0.145. The lowest BCUT2D eigenvalue weighted by Crippen LogP contribution is -2.31. The van der Waals surface area contributed by atoms with E-state index in [4.69, 9.17) is 4.74 Å². The second-order valence-corrected chi connectivity index (χ2v) is 8.97. The van der Waals surface area contributed by atoms with Crippen LogP contribution in [0.15, 0.2) is 89.8 Å². The Balaban J connectivity index is 1.30. The number of ketones is 1. The quantitative estimate of drug-likeness (QED) is 0.249. The van der Waals surface area contributed by atoms with Crippen molar-refractivity contribution in [2.75, 3.05) is 24.3 Å². The number of nitrogens with zero attached hydrogens (tertiary/aromatic N) is 1. The number of likely N-dealkylation sites (N-methyl/N-ethyl adjacent to an activating group) is 1. The molecule has 0 spiro atoms. The summed E-state index contributed by atoms with van der Waals surface area (Å²) in [7, 11) is 1.65. The second-order valence-electron chi connectivity index (χ2n) is 7.95. The summed E-state index contributed by atoms with van der Waals surface area (Å²) >= 11 is 1.34. The topological polar surface area (TPSA) is 63.7 Å². The number of amides is 1. The van der Waals surface area contributed by atoms with Gasteiger partial charge in [-0.3, -0.25) is 14.4 Å². The molecule has 0 radical (unpaired) electrons. The van der Waals surface area contributed by atoms with Gasteiger partial charge in [-0.2, -0.15) is 0 Å². The SMILES string of the molecule is CN(C(=O)COC(=O)CSc1ccc2c3c(cccc13)C(=O)c1ccccc1-2)c1ccccc1. The van der Waals surface area contributed by atoms with Crippen LogP contribution < -0.4 is 4.90 Å². The third kappa shape index (κ3) is 3.97. The highest BCUT2D eigenvalue weighted by Gasteiger charge is 2.25. The lowest BCUT2D eigenvalue weighted by Gasteiger charge is -2.21. The first-order valence-corrected chi connectivity index (χ1v) is 11.8. The predicted octanol–water partition coefficient (Wildman–Crippen LogP) is 5.35. The number of para-hydroxylation sites is 1. The Hall–Kier alpha value is -3.90. The number of carbonyl (C=O) groups excluding carboxylic acids is 3. The number of fused-ring (bicyclic) bond motifs is 2. The minimum absolute atomic E-state index is 0.0105. The van der Waals surface area contributed by atoms with Crippen LogP contribution in [0.4, 0.5) is 5.69 Å². The Kier molecular flexibility index (Phi) is 5.90. The summed E-state index contributed by atoms with van der Waals surface area (Å²) in [6, 6.07) is 26.5. The van der Waals surface area contributed by atoms with E-state index in [2.05, 4.69) is 0 Å². The smallest absolute Gasteiger partial charge is 0.316 e. The number of rotatable bonds is 6. The molecule has 1 aliphatic rings. The van der Waals surface area contributed by atoms with Crippen LogP contribution in [0, 0.1) is 0 Å². The average Bonchev–Trinajstić information content (AvgIpc) is 2.89. The van der Waals surface area contributed by atoms with Gasteiger partial charge in [-0.1, -0.05) is 66.7 Å². The van der Waals surface area contributed by atoms with E-state index in [1.165, 1.54) is 16.7 Å². The number of carbonyl (C=O) groups is 3. The van der Waals surface area contributed by atoms with E-state index in [1.54, 1.807) is 7.05 Å². The number of esters is 1. The zero-order chi connectivity index (χ0) is 23.7. The molecule has 0 bridgehead atoms. The van der Waals surface area contributed by atoms with Gasteiger partial charge in [-0.25, -0.2) is 0 Å². The summed E-state index contributed by atoms with van der Waals surface area (Å²) in [5.74, 6) is -0.702. The molecular formula is C28H21NO4S. The summed E-state index contributed by atoms with van der Waals surface area (Å²) in [5, 5.41) is 1.83. The molecule has 5 nitrogen and oxygen atoms in total. The van der Waals surface area contributed by atoms with Gasteiger partial charge in [-0.05, 0) is 34.7 Å². The minimum Gasteiger partial charge on any atom is -0.455 e. The maximum absolute atomic E-state index is 13.1. The molecule has 0 atom stereocenters. The van der Waals surface area contributed by atoms with E-state index in [0.717, 1.165) is 32.5 Å². The highest BCUT2D eigenvalue weighted by Crippen LogP contribution is 2.42. The third-order valence-electron chi connectivity index (χ3n) is 5.93. The van der Waals surface area contributed by atoms with Crippen LogP contribution in [-0.4, -0.2) is 37.1 Å². The van der Waals surface area contributed by atoms with Crippen molar-refractivity contribution in [1.29, 1.82) is 0 Å².